The Hall–Kier alpha value is -0.960. The molecule has 66 valence electrons. The molecule has 2 N–H and O–H groups in total. The summed E-state index contributed by atoms with van der Waals surface area (Å²) >= 11 is 0. The van der Waals surface area contributed by atoms with Crippen molar-refractivity contribution in [1.82, 2.24) is 9.99 Å². The van der Waals surface area contributed by atoms with Crippen LogP contribution in [-0.4, -0.2) is 23.8 Å². The number of aromatic nitrogens is 1. The van der Waals surface area contributed by atoms with Crippen molar-refractivity contribution in [3.05, 3.63) is 24.5 Å². The molecular formula is C9H15N3. The Morgan fingerprint density at radius 3 is 2.83 bits per heavy atom. The van der Waals surface area contributed by atoms with Crippen LogP contribution in [0.1, 0.15) is 12.8 Å². The molecule has 12 heavy (non-hydrogen) atoms. The van der Waals surface area contributed by atoms with Crippen LogP contribution in [-0.2, 0) is 0 Å². The second kappa shape index (κ2) is 3.63. The average molecular weight is 165 g/mol. The van der Waals surface area contributed by atoms with Gasteiger partial charge in [0.05, 0.1) is 6.04 Å². The third-order valence-electron chi connectivity index (χ3n) is 2.23. The zero-order valence-corrected chi connectivity index (χ0v) is 7.16. The Kier molecular flexibility index (Phi) is 2.32. The summed E-state index contributed by atoms with van der Waals surface area (Å²) in [6, 6.07) is 4.65. The minimum atomic E-state index is 0.589. The van der Waals surface area contributed by atoms with Gasteiger partial charge in [0.2, 0.25) is 0 Å². The van der Waals surface area contributed by atoms with Crippen molar-refractivity contribution < 1.29 is 0 Å². The molecule has 1 saturated heterocycles. The molecule has 1 aliphatic heterocycles. The number of hydrogen-bond acceptors (Lipinski definition) is 2. The Morgan fingerprint density at radius 2 is 2.17 bits per heavy atom. The van der Waals surface area contributed by atoms with Crippen molar-refractivity contribution in [2.45, 2.75) is 18.9 Å². The van der Waals surface area contributed by atoms with Crippen molar-refractivity contribution >= 4 is 0 Å². The standard InChI is InChI=1S/C9H15N3/c1-2-7-12(6-1)11-9-4-3-5-10-8-9/h1-2,6-7,9-11H,3-5,8H2. The fourth-order valence-corrected chi connectivity index (χ4v) is 1.59. The average Bonchev–Trinajstić information content (AvgIpc) is 2.59. The van der Waals surface area contributed by atoms with Gasteiger partial charge in [-0.2, -0.15) is 0 Å². The van der Waals surface area contributed by atoms with Crippen molar-refractivity contribution in [2.24, 2.45) is 0 Å². The molecule has 2 rings (SSSR count). The lowest BCUT2D eigenvalue weighted by molar-refractivity contribution is 0.455. The lowest BCUT2D eigenvalue weighted by Crippen LogP contribution is -2.41. The van der Waals surface area contributed by atoms with Gasteiger partial charge in [-0.15, -0.1) is 0 Å². The summed E-state index contributed by atoms with van der Waals surface area (Å²) in [5.74, 6) is 0. The monoisotopic (exact) mass is 165 g/mol. The van der Waals surface area contributed by atoms with E-state index in [1.54, 1.807) is 0 Å². The maximum Gasteiger partial charge on any atom is 0.0549 e. The van der Waals surface area contributed by atoms with Crippen molar-refractivity contribution in [3.63, 3.8) is 0 Å². The molecule has 1 aliphatic rings. The topological polar surface area (TPSA) is 29.0 Å². The summed E-state index contributed by atoms with van der Waals surface area (Å²) < 4.78 is 2.03. The maximum absolute atomic E-state index is 3.42. The fraction of sp³-hybridized carbons (Fsp3) is 0.556. The van der Waals surface area contributed by atoms with Crippen LogP contribution in [0.4, 0.5) is 0 Å². The molecule has 3 nitrogen and oxygen atoms in total. The Bertz CT molecular complexity index is 212. The summed E-state index contributed by atoms with van der Waals surface area (Å²) in [5, 5.41) is 3.37. The molecule has 1 atom stereocenters. The van der Waals surface area contributed by atoms with Crippen LogP contribution >= 0.6 is 0 Å². The van der Waals surface area contributed by atoms with Gasteiger partial charge in [0.25, 0.3) is 0 Å². The molecular weight excluding hydrogens is 150 g/mol. The molecule has 0 bridgehead atoms. The van der Waals surface area contributed by atoms with Crippen molar-refractivity contribution in [1.29, 1.82) is 0 Å². The third kappa shape index (κ3) is 1.80. The molecule has 0 spiro atoms. The van der Waals surface area contributed by atoms with E-state index in [4.69, 9.17) is 0 Å². The predicted octanol–water partition coefficient (Wildman–Crippen LogP) is 0.784. The molecule has 1 aromatic rings. The van der Waals surface area contributed by atoms with Crippen LogP contribution in [0.25, 0.3) is 0 Å². The molecule has 0 radical (unpaired) electrons. The third-order valence-corrected chi connectivity index (χ3v) is 2.23. The minimum absolute atomic E-state index is 0.589. The molecule has 0 aromatic carbocycles. The van der Waals surface area contributed by atoms with Crippen LogP contribution in [0.3, 0.4) is 0 Å². The lowest BCUT2D eigenvalue weighted by Gasteiger charge is -2.25. The molecule has 3 heteroatoms. The van der Waals surface area contributed by atoms with E-state index in [1.807, 2.05) is 29.2 Å². The zero-order valence-electron chi connectivity index (χ0n) is 7.16. The van der Waals surface area contributed by atoms with Gasteiger partial charge in [-0.25, -0.2) is 0 Å². The van der Waals surface area contributed by atoms with Crippen molar-refractivity contribution in [3.8, 4) is 0 Å². The molecule has 1 unspecified atom stereocenters. The van der Waals surface area contributed by atoms with Gasteiger partial charge in [-0.1, -0.05) is 0 Å². The van der Waals surface area contributed by atoms with E-state index in [0.29, 0.717) is 6.04 Å². The van der Waals surface area contributed by atoms with Crippen LogP contribution in [0.2, 0.25) is 0 Å². The first-order chi connectivity index (χ1) is 5.95. The molecule has 2 heterocycles. The number of piperidine rings is 1. The quantitative estimate of drug-likeness (QED) is 0.678. The number of nitrogens with one attached hydrogen (secondary N) is 2. The highest BCUT2D eigenvalue weighted by Crippen LogP contribution is 2.02. The summed E-state index contributed by atoms with van der Waals surface area (Å²) in [6.07, 6.45) is 6.62. The van der Waals surface area contributed by atoms with E-state index in [1.165, 1.54) is 19.4 Å². The van der Waals surface area contributed by atoms with Crippen LogP contribution in [0, 0.1) is 0 Å². The number of hydrogen-bond donors (Lipinski definition) is 2. The van der Waals surface area contributed by atoms with Gasteiger partial charge in [0.1, 0.15) is 0 Å². The first-order valence-corrected chi connectivity index (χ1v) is 4.55. The Labute approximate surface area is 72.7 Å². The highest BCUT2D eigenvalue weighted by Gasteiger charge is 2.11. The Morgan fingerprint density at radius 1 is 1.33 bits per heavy atom. The number of rotatable bonds is 2. The largest absolute Gasteiger partial charge is 0.322 e. The smallest absolute Gasteiger partial charge is 0.0549 e. The SMILES string of the molecule is c1ccn(NC2CCCNC2)c1. The van der Waals surface area contributed by atoms with E-state index < -0.39 is 0 Å². The second-order valence-electron chi connectivity index (χ2n) is 3.26. The Balaban J connectivity index is 1.86. The number of nitrogens with zero attached hydrogens (tertiary/aromatic N) is 1. The fourth-order valence-electron chi connectivity index (χ4n) is 1.59. The summed E-state index contributed by atoms with van der Waals surface area (Å²) in [5.41, 5.74) is 3.42. The summed E-state index contributed by atoms with van der Waals surface area (Å²) in [7, 11) is 0. The molecule has 1 fully saturated rings. The summed E-state index contributed by atoms with van der Waals surface area (Å²) in [6.45, 7) is 2.25. The van der Waals surface area contributed by atoms with Gasteiger partial charge < -0.3 is 10.7 Å². The molecule has 1 aromatic heterocycles. The van der Waals surface area contributed by atoms with E-state index in [9.17, 15) is 0 Å². The van der Waals surface area contributed by atoms with E-state index >= 15 is 0 Å². The van der Waals surface area contributed by atoms with Gasteiger partial charge in [0, 0.05) is 18.9 Å². The lowest BCUT2D eigenvalue weighted by atomic mass is 10.1. The highest BCUT2D eigenvalue weighted by molar-refractivity contribution is 4.96. The molecule has 0 aliphatic carbocycles. The van der Waals surface area contributed by atoms with Crippen LogP contribution in [0.15, 0.2) is 24.5 Å². The van der Waals surface area contributed by atoms with Gasteiger partial charge >= 0.3 is 0 Å². The van der Waals surface area contributed by atoms with Crippen LogP contribution in [0.5, 0.6) is 0 Å². The van der Waals surface area contributed by atoms with Gasteiger partial charge in [-0.05, 0) is 31.5 Å². The zero-order chi connectivity index (χ0) is 8.23. The van der Waals surface area contributed by atoms with E-state index in [0.717, 1.165) is 6.54 Å². The van der Waals surface area contributed by atoms with E-state index in [-0.39, 0.29) is 0 Å². The first kappa shape index (κ1) is 7.68. The van der Waals surface area contributed by atoms with Gasteiger partial charge in [-0.3, -0.25) is 4.68 Å². The maximum atomic E-state index is 3.42. The molecule has 0 saturated carbocycles. The van der Waals surface area contributed by atoms with Gasteiger partial charge in [0.15, 0.2) is 0 Å². The van der Waals surface area contributed by atoms with Crippen LogP contribution < -0.4 is 10.7 Å². The summed E-state index contributed by atoms with van der Waals surface area (Å²) in [4.78, 5) is 0. The minimum Gasteiger partial charge on any atom is -0.322 e. The second-order valence-corrected chi connectivity index (χ2v) is 3.26. The predicted molar refractivity (Wildman–Crippen MR) is 49.7 cm³/mol. The molecule has 0 amide bonds. The van der Waals surface area contributed by atoms with E-state index in [2.05, 4.69) is 10.7 Å². The highest BCUT2D eigenvalue weighted by atomic mass is 15.4. The first-order valence-electron chi connectivity index (χ1n) is 4.55. The normalized spacial score (nSPS) is 23.8. The van der Waals surface area contributed by atoms with Crippen molar-refractivity contribution in [2.75, 3.05) is 18.5 Å².